The first kappa shape index (κ1) is 18.8. The Balaban J connectivity index is 1.53. The molecule has 0 spiro atoms. The molecule has 0 radical (unpaired) electrons. The Hall–Kier alpha value is -2.25. The van der Waals surface area contributed by atoms with E-state index in [4.69, 9.17) is 15.0 Å². The molecule has 7 heteroatoms. The molecular formula is C22H22N4OS2. The molecule has 4 aromatic heterocycles. The first-order valence-corrected chi connectivity index (χ1v) is 11.7. The van der Waals surface area contributed by atoms with Crippen molar-refractivity contribution in [2.45, 2.75) is 50.8 Å². The van der Waals surface area contributed by atoms with Crippen molar-refractivity contribution < 1.29 is 0 Å². The molecule has 0 bridgehead atoms. The Morgan fingerprint density at radius 2 is 2.10 bits per heavy atom. The first-order chi connectivity index (χ1) is 14.0. The standard InChI is InChI=1S/C22H22N4OS2/c1-12-7-8-16-17(9-12)29-22-20(16)21(23-14(3)24-22)28-11-15-10-19(27)26-13(2)5-4-6-18(26)25-15/h4-6,10,12H,7-9,11H2,1-3H3. The number of nitrogens with zero attached hydrogens (tertiary/aromatic N) is 4. The maximum atomic E-state index is 12.6. The number of fused-ring (bicyclic) bond motifs is 4. The number of aryl methyl sites for hydroxylation is 3. The highest BCUT2D eigenvalue weighted by atomic mass is 32.2. The van der Waals surface area contributed by atoms with Gasteiger partial charge in [0.1, 0.15) is 21.3 Å². The molecule has 1 unspecified atom stereocenters. The van der Waals surface area contributed by atoms with E-state index < -0.39 is 0 Å². The predicted molar refractivity (Wildman–Crippen MR) is 119 cm³/mol. The number of hydrogen-bond donors (Lipinski definition) is 0. The highest BCUT2D eigenvalue weighted by Gasteiger charge is 2.23. The van der Waals surface area contributed by atoms with Crippen LogP contribution in [-0.2, 0) is 18.6 Å². The summed E-state index contributed by atoms with van der Waals surface area (Å²) in [6.45, 7) is 6.20. The van der Waals surface area contributed by atoms with Crippen molar-refractivity contribution in [3.05, 3.63) is 62.3 Å². The zero-order valence-corrected chi connectivity index (χ0v) is 18.4. The van der Waals surface area contributed by atoms with Crippen molar-refractivity contribution in [3.63, 3.8) is 0 Å². The number of thiophene rings is 1. The van der Waals surface area contributed by atoms with Gasteiger partial charge in [-0.2, -0.15) is 0 Å². The van der Waals surface area contributed by atoms with Crippen molar-refractivity contribution in [2.24, 2.45) is 5.92 Å². The van der Waals surface area contributed by atoms with Gasteiger partial charge in [0.25, 0.3) is 5.56 Å². The van der Waals surface area contributed by atoms with E-state index in [1.54, 1.807) is 22.2 Å². The number of pyridine rings is 1. The van der Waals surface area contributed by atoms with E-state index in [1.165, 1.54) is 22.2 Å². The van der Waals surface area contributed by atoms with E-state index in [0.29, 0.717) is 11.4 Å². The first-order valence-electron chi connectivity index (χ1n) is 9.89. The molecule has 0 aromatic carbocycles. The third-order valence-electron chi connectivity index (χ3n) is 5.52. The van der Waals surface area contributed by atoms with Crippen LogP contribution in [0.5, 0.6) is 0 Å². The minimum atomic E-state index is -0.0328. The molecule has 4 heterocycles. The lowest BCUT2D eigenvalue weighted by molar-refractivity contribution is 0.509. The zero-order chi connectivity index (χ0) is 20.1. The van der Waals surface area contributed by atoms with Gasteiger partial charge in [0.15, 0.2) is 0 Å². The van der Waals surface area contributed by atoms with Gasteiger partial charge in [0, 0.05) is 27.8 Å². The van der Waals surface area contributed by atoms with Gasteiger partial charge in [-0.25, -0.2) is 15.0 Å². The number of hydrogen-bond acceptors (Lipinski definition) is 6. The van der Waals surface area contributed by atoms with Crippen LogP contribution in [-0.4, -0.2) is 19.4 Å². The fourth-order valence-corrected chi connectivity index (χ4v) is 6.58. The van der Waals surface area contributed by atoms with Crippen LogP contribution in [0.3, 0.4) is 0 Å². The molecule has 1 aliphatic rings. The number of thioether (sulfide) groups is 1. The van der Waals surface area contributed by atoms with Crippen LogP contribution < -0.4 is 5.56 Å². The fourth-order valence-electron chi connectivity index (χ4n) is 4.09. The lowest BCUT2D eigenvalue weighted by atomic mass is 9.89. The van der Waals surface area contributed by atoms with E-state index in [0.717, 1.165) is 45.8 Å². The van der Waals surface area contributed by atoms with E-state index in [-0.39, 0.29) is 5.56 Å². The van der Waals surface area contributed by atoms with Gasteiger partial charge < -0.3 is 0 Å². The summed E-state index contributed by atoms with van der Waals surface area (Å²) in [5.41, 5.74) is 3.78. The Kier molecular flexibility index (Phi) is 4.67. The topological polar surface area (TPSA) is 60.2 Å². The van der Waals surface area contributed by atoms with Gasteiger partial charge in [0.2, 0.25) is 0 Å². The van der Waals surface area contributed by atoms with Crippen molar-refractivity contribution in [1.82, 2.24) is 19.4 Å². The van der Waals surface area contributed by atoms with Crippen LogP contribution in [0, 0.1) is 19.8 Å². The minimum absolute atomic E-state index is 0.0328. The van der Waals surface area contributed by atoms with Crippen LogP contribution in [0.4, 0.5) is 0 Å². The zero-order valence-electron chi connectivity index (χ0n) is 16.7. The summed E-state index contributed by atoms with van der Waals surface area (Å²) in [5.74, 6) is 2.15. The van der Waals surface area contributed by atoms with Crippen molar-refractivity contribution in [1.29, 1.82) is 0 Å². The molecule has 148 valence electrons. The Labute approximate surface area is 177 Å². The molecule has 5 nitrogen and oxygen atoms in total. The summed E-state index contributed by atoms with van der Waals surface area (Å²) in [7, 11) is 0. The predicted octanol–water partition coefficient (Wildman–Crippen LogP) is 4.73. The van der Waals surface area contributed by atoms with Gasteiger partial charge in [0.05, 0.1) is 5.69 Å². The Morgan fingerprint density at radius 1 is 1.24 bits per heavy atom. The molecule has 0 saturated heterocycles. The fraction of sp³-hybridized carbons (Fsp3) is 0.364. The second kappa shape index (κ2) is 7.22. The van der Waals surface area contributed by atoms with Crippen LogP contribution in [0.2, 0.25) is 0 Å². The average molecular weight is 423 g/mol. The molecule has 0 saturated carbocycles. The molecule has 1 atom stereocenters. The molecular weight excluding hydrogens is 400 g/mol. The summed E-state index contributed by atoms with van der Waals surface area (Å²) < 4.78 is 1.65. The molecule has 0 amide bonds. The SMILES string of the molecule is Cc1nc(SCc2cc(=O)n3c(C)cccc3n2)c2c3c(sc2n1)CC(C)CC3. The van der Waals surface area contributed by atoms with Gasteiger partial charge in [-0.1, -0.05) is 24.8 Å². The number of aromatic nitrogens is 4. The lowest BCUT2D eigenvalue weighted by Gasteiger charge is -2.18. The van der Waals surface area contributed by atoms with E-state index >= 15 is 0 Å². The highest BCUT2D eigenvalue weighted by Crippen LogP contribution is 2.41. The van der Waals surface area contributed by atoms with Crippen molar-refractivity contribution in [2.75, 3.05) is 0 Å². The summed E-state index contributed by atoms with van der Waals surface area (Å²) in [6.07, 6.45) is 3.46. The van der Waals surface area contributed by atoms with E-state index in [9.17, 15) is 4.79 Å². The van der Waals surface area contributed by atoms with Crippen LogP contribution >= 0.6 is 23.1 Å². The molecule has 5 rings (SSSR count). The summed E-state index contributed by atoms with van der Waals surface area (Å²) in [4.78, 5) is 29.3. The summed E-state index contributed by atoms with van der Waals surface area (Å²) in [5, 5.41) is 2.24. The van der Waals surface area contributed by atoms with Crippen LogP contribution in [0.25, 0.3) is 15.9 Å². The molecule has 0 N–H and O–H groups in total. The van der Waals surface area contributed by atoms with Crippen molar-refractivity contribution >= 4 is 39.0 Å². The molecule has 0 fully saturated rings. The van der Waals surface area contributed by atoms with Gasteiger partial charge in [-0.15, -0.1) is 11.3 Å². The maximum Gasteiger partial charge on any atom is 0.258 e. The number of rotatable bonds is 3. The Bertz CT molecular complexity index is 1310. The molecule has 29 heavy (non-hydrogen) atoms. The van der Waals surface area contributed by atoms with Gasteiger partial charge >= 0.3 is 0 Å². The summed E-state index contributed by atoms with van der Waals surface area (Å²) >= 11 is 3.49. The monoisotopic (exact) mass is 422 g/mol. The lowest BCUT2D eigenvalue weighted by Crippen LogP contribution is -2.17. The van der Waals surface area contributed by atoms with Crippen molar-refractivity contribution in [3.8, 4) is 0 Å². The molecule has 1 aliphatic carbocycles. The average Bonchev–Trinajstić information content (AvgIpc) is 3.02. The largest absolute Gasteiger partial charge is 0.269 e. The Morgan fingerprint density at radius 3 is 2.97 bits per heavy atom. The minimum Gasteiger partial charge on any atom is -0.269 e. The second-order valence-electron chi connectivity index (χ2n) is 7.84. The smallest absolute Gasteiger partial charge is 0.258 e. The maximum absolute atomic E-state index is 12.6. The molecule has 0 aliphatic heterocycles. The van der Waals surface area contributed by atoms with Gasteiger partial charge in [-0.3, -0.25) is 9.20 Å². The van der Waals surface area contributed by atoms with Crippen LogP contribution in [0.1, 0.15) is 41.0 Å². The molecule has 4 aromatic rings. The van der Waals surface area contributed by atoms with E-state index in [2.05, 4.69) is 6.92 Å². The summed E-state index contributed by atoms with van der Waals surface area (Å²) in [6, 6.07) is 7.38. The second-order valence-corrected chi connectivity index (χ2v) is 9.89. The van der Waals surface area contributed by atoms with Crippen LogP contribution in [0.15, 0.2) is 34.1 Å². The third-order valence-corrected chi connectivity index (χ3v) is 7.68. The van der Waals surface area contributed by atoms with Gasteiger partial charge in [-0.05, 0) is 56.7 Å². The quantitative estimate of drug-likeness (QED) is 0.353. The normalized spacial score (nSPS) is 16.4. The third kappa shape index (κ3) is 3.36. The van der Waals surface area contributed by atoms with E-state index in [1.807, 2.05) is 43.4 Å². The highest BCUT2D eigenvalue weighted by molar-refractivity contribution is 7.98.